The highest BCUT2D eigenvalue weighted by molar-refractivity contribution is 7.89. The average molecular weight is 456 g/mol. The van der Waals surface area contributed by atoms with Crippen LogP contribution in [0.4, 0.5) is 19.0 Å². The van der Waals surface area contributed by atoms with Crippen LogP contribution in [0.1, 0.15) is 24.0 Å². The number of nitrogens with one attached hydrogen (secondary N) is 2. The second kappa shape index (κ2) is 9.23. The van der Waals surface area contributed by atoms with E-state index in [1.807, 2.05) is 0 Å². The predicted molar refractivity (Wildman–Crippen MR) is 109 cm³/mol. The van der Waals surface area contributed by atoms with Gasteiger partial charge in [0.25, 0.3) is 0 Å². The van der Waals surface area contributed by atoms with Crippen molar-refractivity contribution in [2.75, 3.05) is 25.0 Å². The molecule has 0 bridgehead atoms. The van der Waals surface area contributed by atoms with Crippen molar-refractivity contribution in [1.29, 1.82) is 0 Å². The summed E-state index contributed by atoms with van der Waals surface area (Å²) in [5, 5.41) is 2.76. The Hall–Kier alpha value is -2.66. The van der Waals surface area contributed by atoms with Crippen molar-refractivity contribution in [1.82, 2.24) is 15.0 Å². The zero-order valence-corrected chi connectivity index (χ0v) is 17.6. The van der Waals surface area contributed by atoms with Gasteiger partial charge in [-0.2, -0.15) is 13.2 Å². The van der Waals surface area contributed by atoms with Gasteiger partial charge < -0.3 is 10.2 Å². The molecule has 1 amide bonds. The number of aromatic nitrogens is 1. The van der Waals surface area contributed by atoms with Gasteiger partial charge in [0.1, 0.15) is 5.82 Å². The van der Waals surface area contributed by atoms with Crippen molar-refractivity contribution in [2.24, 2.45) is 5.92 Å². The van der Waals surface area contributed by atoms with Crippen LogP contribution in [-0.2, 0) is 27.5 Å². The Labute approximate surface area is 178 Å². The molecular formula is C20H23F3N4O3S. The number of benzene rings is 1. The Kier molecular flexibility index (Phi) is 6.85. The highest BCUT2D eigenvalue weighted by Gasteiger charge is 2.37. The fraction of sp³-hybridized carbons (Fsp3) is 0.400. The summed E-state index contributed by atoms with van der Waals surface area (Å²) < 4.78 is 66.0. The minimum atomic E-state index is -4.53. The van der Waals surface area contributed by atoms with Gasteiger partial charge in [-0.15, -0.1) is 0 Å². The molecule has 31 heavy (non-hydrogen) atoms. The number of rotatable bonds is 6. The van der Waals surface area contributed by atoms with E-state index in [1.165, 1.54) is 36.3 Å². The van der Waals surface area contributed by atoms with Crippen LogP contribution in [0.15, 0.2) is 47.5 Å². The third kappa shape index (κ3) is 5.53. The van der Waals surface area contributed by atoms with Gasteiger partial charge in [0.05, 0.1) is 16.4 Å². The van der Waals surface area contributed by atoms with Crippen molar-refractivity contribution in [2.45, 2.75) is 30.5 Å². The van der Waals surface area contributed by atoms with E-state index in [-0.39, 0.29) is 29.7 Å². The van der Waals surface area contributed by atoms with E-state index < -0.39 is 27.7 Å². The molecular weight excluding hydrogens is 433 g/mol. The standard InChI is InChI=1S/C20H23F3N4O3S/c1-24-31(29,30)16-7-2-5-14(11-16)12-26-19(28)15-6-4-10-27(13-15)18-17(20(21,22)23)8-3-9-25-18/h2-3,5,7-9,11,15,24H,4,6,10,12-13H2,1H3,(H,26,28). The Morgan fingerprint density at radius 3 is 2.74 bits per heavy atom. The Balaban J connectivity index is 1.67. The van der Waals surface area contributed by atoms with Crippen LogP contribution in [0, 0.1) is 5.92 Å². The Bertz CT molecular complexity index is 1040. The maximum atomic E-state index is 13.3. The van der Waals surface area contributed by atoms with E-state index in [0.29, 0.717) is 24.9 Å². The molecule has 0 radical (unpaired) electrons. The number of hydrogen-bond acceptors (Lipinski definition) is 5. The summed E-state index contributed by atoms with van der Waals surface area (Å²) in [6.45, 7) is 0.619. The van der Waals surface area contributed by atoms with Crippen molar-refractivity contribution < 1.29 is 26.4 Å². The molecule has 11 heteroatoms. The summed E-state index contributed by atoms with van der Waals surface area (Å²) in [5.41, 5.74) is -0.222. The Morgan fingerprint density at radius 2 is 2.03 bits per heavy atom. The van der Waals surface area contributed by atoms with Gasteiger partial charge in [0.15, 0.2) is 0 Å². The van der Waals surface area contributed by atoms with Gasteiger partial charge in [0.2, 0.25) is 15.9 Å². The number of piperidine rings is 1. The number of anilines is 1. The average Bonchev–Trinajstić information content (AvgIpc) is 2.77. The molecule has 0 spiro atoms. The lowest BCUT2D eigenvalue weighted by Crippen LogP contribution is -2.43. The van der Waals surface area contributed by atoms with Gasteiger partial charge in [-0.25, -0.2) is 18.1 Å². The van der Waals surface area contributed by atoms with Crippen LogP contribution in [0.2, 0.25) is 0 Å². The lowest BCUT2D eigenvalue weighted by molar-refractivity contribution is -0.137. The Morgan fingerprint density at radius 1 is 1.26 bits per heavy atom. The molecule has 1 aliphatic heterocycles. The SMILES string of the molecule is CNS(=O)(=O)c1cccc(CNC(=O)C2CCCN(c3ncccc3C(F)(F)F)C2)c1. The second-order valence-electron chi connectivity index (χ2n) is 7.23. The van der Waals surface area contributed by atoms with Gasteiger partial charge in [-0.1, -0.05) is 12.1 Å². The summed E-state index contributed by atoms with van der Waals surface area (Å²) in [7, 11) is -2.29. The smallest absolute Gasteiger partial charge is 0.355 e. The molecule has 2 N–H and O–H groups in total. The predicted octanol–water partition coefficient (Wildman–Crippen LogP) is 2.54. The van der Waals surface area contributed by atoms with Crippen LogP contribution in [-0.4, -0.2) is 39.4 Å². The zero-order valence-electron chi connectivity index (χ0n) is 16.8. The van der Waals surface area contributed by atoms with E-state index in [0.717, 1.165) is 6.07 Å². The lowest BCUT2D eigenvalue weighted by atomic mass is 9.96. The normalized spacial score (nSPS) is 17.4. The zero-order chi connectivity index (χ0) is 22.6. The molecule has 7 nitrogen and oxygen atoms in total. The van der Waals surface area contributed by atoms with Crippen LogP contribution < -0.4 is 14.9 Å². The molecule has 2 aromatic rings. The monoisotopic (exact) mass is 456 g/mol. The van der Waals surface area contributed by atoms with E-state index >= 15 is 0 Å². The highest BCUT2D eigenvalue weighted by atomic mass is 32.2. The molecule has 0 aliphatic carbocycles. The van der Waals surface area contributed by atoms with Crippen molar-refractivity contribution >= 4 is 21.7 Å². The van der Waals surface area contributed by atoms with E-state index in [1.54, 1.807) is 12.1 Å². The number of alkyl halides is 3. The summed E-state index contributed by atoms with van der Waals surface area (Å²) >= 11 is 0. The number of hydrogen-bond donors (Lipinski definition) is 2. The third-order valence-corrected chi connectivity index (χ3v) is 6.54. The number of carbonyl (C=O) groups excluding carboxylic acids is 1. The molecule has 3 rings (SSSR count). The molecule has 1 aliphatic rings. The molecule has 168 valence electrons. The van der Waals surface area contributed by atoms with Gasteiger partial charge >= 0.3 is 6.18 Å². The molecule has 1 atom stereocenters. The summed E-state index contributed by atoms with van der Waals surface area (Å²) in [4.78, 5) is 18.1. The fourth-order valence-electron chi connectivity index (χ4n) is 3.53. The minimum absolute atomic E-state index is 0.0837. The first-order valence-corrected chi connectivity index (χ1v) is 11.2. The topological polar surface area (TPSA) is 91.4 Å². The number of halogens is 3. The number of nitrogens with zero attached hydrogens (tertiary/aromatic N) is 2. The summed E-state index contributed by atoms with van der Waals surface area (Å²) in [6, 6.07) is 8.39. The number of amides is 1. The minimum Gasteiger partial charge on any atom is -0.355 e. The maximum absolute atomic E-state index is 13.3. The van der Waals surface area contributed by atoms with Crippen LogP contribution in [0.5, 0.6) is 0 Å². The molecule has 0 saturated carbocycles. The number of carbonyl (C=O) groups is 1. The largest absolute Gasteiger partial charge is 0.419 e. The van der Waals surface area contributed by atoms with Crippen LogP contribution in [0.3, 0.4) is 0 Å². The fourth-order valence-corrected chi connectivity index (χ4v) is 4.33. The molecule has 2 heterocycles. The first-order chi connectivity index (χ1) is 14.6. The molecule has 1 aromatic carbocycles. The van der Waals surface area contributed by atoms with Crippen molar-refractivity contribution in [3.63, 3.8) is 0 Å². The van der Waals surface area contributed by atoms with Crippen molar-refractivity contribution in [3.05, 3.63) is 53.7 Å². The van der Waals surface area contributed by atoms with E-state index in [9.17, 15) is 26.4 Å². The lowest BCUT2D eigenvalue weighted by Gasteiger charge is -2.34. The second-order valence-corrected chi connectivity index (χ2v) is 9.12. The first kappa shape index (κ1) is 23.0. The quantitative estimate of drug-likeness (QED) is 0.697. The van der Waals surface area contributed by atoms with E-state index in [4.69, 9.17) is 0 Å². The maximum Gasteiger partial charge on any atom is 0.419 e. The molecule has 1 fully saturated rings. The molecule has 1 saturated heterocycles. The number of pyridine rings is 1. The van der Waals surface area contributed by atoms with Gasteiger partial charge in [-0.05, 0) is 49.7 Å². The van der Waals surface area contributed by atoms with Crippen LogP contribution in [0.25, 0.3) is 0 Å². The first-order valence-electron chi connectivity index (χ1n) is 9.69. The van der Waals surface area contributed by atoms with Gasteiger partial charge in [0, 0.05) is 25.8 Å². The highest BCUT2D eigenvalue weighted by Crippen LogP contribution is 2.36. The van der Waals surface area contributed by atoms with Crippen molar-refractivity contribution in [3.8, 4) is 0 Å². The van der Waals surface area contributed by atoms with E-state index in [2.05, 4.69) is 15.0 Å². The summed E-state index contributed by atoms with van der Waals surface area (Å²) in [6.07, 6.45) is -2.12. The number of sulfonamides is 1. The summed E-state index contributed by atoms with van der Waals surface area (Å²) in [5.74, 6) is -0.963. The molecule has 1 unspecified atom stereocenters. The molecule has 1 aromatic heterocycles. The van der Waals surface area contributed by atoms with Crippen LogP contribution >= 0.6 is 0 Å². The third-order valence-electron chi connectivity index (χ3n) is 5.13. The van der Waals surface area contributed by atoms with Gasteiger partial charge in [-0.3, -0.25) is 4.79 Å².